The van der Waals surface area contributed by atoms with Gasteiger partial charge in [0, 0.05) is 19.1 Å². The van der Waals surface area contributed by atoms with E-state index in [4.69, 9.17) is 0 Å². The Morgan fingerprint density at radius 3 is 2.53 bits per heavy atom. The summed E-state index contributed by atoms with van der Waals surface area (Å²) in [7, 11) is 0. The summed E-state index contributed by atoms with van der Waals surface area (Å²) in [4.78, 5) is 2.30. The fourth-order valence-corrected chi connectivity index (χ4v) is 2.51. The molecule has 1 fully saturated rings. The number of hydrogen-bond acceptors (Lipinski definition) is 3. The van der Waals surface area contributed by atoms with Gasteiger partial charge in [0.1, 0.15) is 5.82 Å². The molecule has 3 nitrogen and oxygen atoms in total. The maximum absolute atomic E-state index is 12.8. The van der Waals surface area contributed by atoms with Crippen LogP contribution in [0.15, 0.2) is 24.3 Å². The molecule has 2 rings (SSSR count). The molecule has 0 bridgehead atoms. The summed E-state index contributed by atoms with van der Waals surface area (Å²) < 4.78 is 12.8. The highest BCUT2D eigenvalue weighted by molar-refractivity contribution is 5.19. The van der Waals surface area contributed by atoms with Crippen LogP contribution in [0, 0.1) is 5.82 Å². The zero-order chi connectivity index (χ0) is 13.7. The van der Waals surface area contributed by atoms with Gasteiger partial charge in [-0.05, 0) is 50.6 Å². The Balaban J connectivity index is 1.73. The van der Waals surface area contributed by atoms with Gasteiger partial charge in [0.25, 0.3) is 0 Å². The van der Waals surface area contributed by atoms with Crippen LogP contribution in [0.2, 0.25) is 0 Å². The number of aliphatic hydroxyl groups excluding tert-OH is 1. The molecule has 2 unspecified atom stereocenters. The van der Waals surface area contributed by atoms with Gasteiger partial charge < -0.3 is 15.3 Å². The van der Waals surface area contributed by atoms with Crippen molar-refractivity contribution >= 4 is 0 Å². The first kappa shape index (κ1) is 14.4. The number of likely N-dealkylation sites (tertiary alicyclic amines) is 1. The second-order valence-electron chi connectivity index (χ2n) is 5.34. The molecule has 0 spiro atoms. The molecular formula is C15H23FN2O. The molecule has 0 aromatic heterocycles. The lowest BCUT2D eigenvalue weighted by molar-refractivity contribution is 0.121. The summed E-state index contributed by atoms with van der Waals surface area (Å²) >= 11 is 0. The zero-order valence-electron chi connectivity index (χ0n) is 11.5. The average molecular weight is 266 g/mol. The highest BCUT2D eigenvalue weighted by Gasteiger charge is 2.16. The molecule has 106 valence electrons. The van der Waals surface area contributed by atoms with E-state index in [2.05, 4.69) is 10.2 Å². The van der Waals surface area contributed by atoms with Crippen LogP contribution in [-0.2, 0) is 0 Å². The second kappa shape index (κ2) is 6.98. The van der Waals surface area contributed by atoms with E-state index in [9.17, 15) is 9.50 Å². The van der Waals surface area contributed by atoms with Gasteiger partial charge >= 0.3 is 0 Å². The largest absolute Gasteiger partial charge is 0.390 e. The summed E-state index contributed by atoms with van der Waals surface area (Å²) in [6, 6.07) is 6.61. The van der Waals surface area contributed by atoms with Crippen molar-refractivity contribution in [3.05, 3.63) is 35.6 Å². The van der Waals surface area contributed by atoms with Crippen LogP contribution < -0.4 is 5.32 Å². The van der Waals surface area contributed by atoms with E-state index in [-0.39, 0.29) is 18.0 Å². The average Bonchev–Trinajstić information content (AvgIpc) is 2.89. The van der Waals surface area contributed by atoms with E-state index >= 15 is 0 Å². The number of hydrogen-bond donors (Lipinski definition) is 2. The number of aliphatic hydroxyl groups is 1. The van der Waals surface area contributed by atoms with Crippen molar-refractivity contribution in [3.8, 4) is 0 Å². The molecule has 4 heteroatoms. The lowest BCUT2D eigenvalue weighted by Gasteiger charge is -2.21. The summed E-state index contributed by atoms with van der Waals surface area (Å²) in [5, 5.41) is 13.3. The van der Waals surface area contributed by atoms with Crippen molar-refractivity contribution in [1.29, 1.82) is 0 Å². The Bertz CT molecular complexity index is 376. The van der Waals surface area contributed by atoms with E-state index in [1.807, 2.05) is 6.92 Å². The SMILES string of the molecule is CC(NCC(O)CN1CCCC1)c1ccc(F)cc1. The molecule has 2 atom stereocenters. The number of rotatable bonds is 6. The first-order valence-corrected chi connectivity index (χ1v) is 7.04. The quantitative estimate of drug-likeness (QED) is 0.826. The number of halogens is 1. The van der Waals surface area contributed by atoms with Crippen LogP contribution in [0.25, 0.3) is 0 Å². The monoisotopic (exact) mass is 266 g/mol. The van der Waals surface area contributed by atoms with Gasteiger partial charge in [0.2, 0.25) is 0 Å². The smallest absolute Gasteiger partial charge is 0.123 e. The molecular weight excluding hydrogens is 243 g/mol. The maximum atomic E-state index is 12.8. The Morgan fingerprint density at radius 1 is 1.26 bits per heavy atom. The van der Waals surface area contributed by atoms with E-state index < -0.39 is 0 Å². The summed E-state index contributed by atoms with van der Waals surface area (Å²) in [6.45, 7) is 5.53. The lowest BCUT2D eigenvalue weighted by Crippen LogP contribution is -2.37. The first-order chi connectivity index (χ1) is 9.15. The van der Waals surface area contributed by atoms with Crippen LogP contribution in [-0.4, -0.2) is 42.3 Å². The van der Waals surface area contributed by atoms with Gasteiger partial charge in [-0.15, -0.1) is 0 Å². The number of nitrogens with zero attached hydrogens (tertiary/aromatic N) is 1. The van der Waals surface area contributed by atoms with E-state index in [0.29, 0.717) is 6.54 Å². The predicted octanol–water partition coefficient (Wildman–Crippen LogP) is 1.93. The van der Waals surface area contributed by atoms with Gasteiger partial charge in [-0.25, -0.2) is 4.39 Å². The number of nitrogens with one attached hydrogen (secondary N) is 1. The molecule has 2 N–H and O–H groups in total. The predicted molar refractivity (Wildman–Crippen MR) is 74.5 cm³/mol. The third-order valence-electron chi connectivity index (χ3n) is 3.70. The van der Waals surface area contributed by atoms with Crippen molar-refractivity contribution in [2.45, 2.75) is 31.9 Å². The lowest BCUT2D eigenvalue weighted by atomic mass is 10.1. The minimum absolute atomic E-state index is 0.119. The topological polar surface area (TPSA) is 35.5 Å². The van der Waals surface area contributed by atoms with Gasteiger partial charge in [-0.2, -0.15) is 0 Å². The minimum atomic E-state index is -0.346. The van der Waals surface area contributed by atoms with E-state index in [1.165, 1.54) is 25.0 Å². The molecule has 1 saturated heterocycles. The van der Waals surface area contributed by atoms with Crippen LogP contribution in [0.1, 0.15) is 31.4 Å². The summed E-state index contributed by atoms with van der Waals surface area (Å²) in [5.74, 6) is -0.218. The molecule has 1 aromatic carbocycles. The van der Waals surface area contributed by atoms with Crippen LogP contribution in [0.5, 0.6) is 0 Å². The maximum Gasteiger partial charge on any atom is 0.123 e. The molecule has 1 aromatic rings. The molecule has 1 heterocycles. The molecule has 1 aliphatic heterocycles. The van der Waals surface area contributed by atoms with Gasteiger partial charge in [0.05, 0.1) is 6.10 Å². The summed E-state index contributed by atoms with van der Waals surface area (Å²) in [5.41, 5.74) is 1.04. The van der Waals surface area contributed by atoms with Crippen molar-refractivity contribution in [2.75, 3.05) is 26.2 Å². The Morgan fingerprint density at radius 2 is 1.89 bits per heavy atom. The summed E-state index contributed by atoms with van der Waals surface area (Å²) in [6.07, 6.45) is 2.14. The highest BCUT2D eigenvalue weighted by Crippen LogP contribution is 2.13. The molecule has 1 aliphatic rings. The van der Waals surface area contributed by atoms with E-state index in [0.717, 1.165) is 25.2 Å². The zero-order valence-corrected chi connectivity index (χ0v) is 11.5. The normalized spacial score (nSPS) is 19.5. The van der Waals surface area contributed by atoms with Crippen molar-refractivity contribution in [1.82, 2.24) is 10.2 Å². The molecule has 0 amide bonds. The van der Waals surface area contributed by atoms with Crippen LogP contribution in [0.3, 0.4) is 0 Å². The fraction of sp³-hybridized carbons (Fsp3) is 0.600. The van der Waals surface area contributed by atoms with Crippen molar-refractivity contribution < 1.29 is 9.50 Å². The fourth-order valence-electron chi connectivity index (χ4n) is 2.51. The Labute approximate surface area is 114 Å². The molecule has 0 radical (unpaired) electrons. The van der Waals surface area contributed by atoms with E-state index in [1.54, 1.807) is 12.1 Å². The van der Waals surface area contributed by atoms with Gasteiger partial charge in [0.15, 0.2) is 0 Å². The second-order valence-corrected chi connectivity index (χ2v) is 5.34. The number of β-amino-alcohol motifs (C(OH)–C–C–N with tert-alkyl or cyclic N) is 1. The first-order valence-electron chi connectivity index (χ1n) is 7.04. The van der Waals surface area contributed by atoms with Crippen molar-refractivity contribution in [2.24, 2.45) is 0 Å². The molecule has 0 saturated carbocycles. The highest BCUT2D eigenvalue weighted by atomic mass is 19.1. The number of benzene rings is 1. The Kier molecular flexibility index (Phi) is 5.31. The van der Waals surface area contributed by atoms with Gasteiger partial charge in [-0.1, -0.05) is 12.1 Å². The minimum Gasteiger partial charge on any atom is -0.390 e. The van der Waals surface area contributed by atoms with Crippen LogP contribution >= 0.6 is 0 Å². The Hall–Kier alpha value is -0.970. The van der Waals surface area contributed by atoms with Crippen molar-refractivity contribution in [3.63, 3.8) is 0 Å². The third kappa shape index (κ3) is 4.56. The third-order valence-corrected chi connectivity index (χ3v) is 3.70. The van der Waals surface area contributed by atoms with Crippen LogP contribution in [0.4, 0.5) is 4.39 Å². The molecule has 0 aliphatic carbocycles. The standard InChI is InChI=1S/C15H23FN2O/c1-12(13-4-6-14(16)7-5-13)17-10-15(19)11-18-8-2-3-9-18/h4-7,12,15,17,19H,2-3,8-11H2,1H3. The molecule has 19 heavy (non-hydrogen) atoms. The van der Waals surface area contributed by atoms with Gasteiger partial charge in [-0.3, -0.25) is 0 Å².